The molecule has 1 fully saturated rings. The summed E-state index contributed by atoms with van der Waals surface area (Å²) in [6.45, 7) is 2.68. The summed E-state index contributed by atoms with van der Waals surface area (Å²) in [5.74, 6) is 0.191. The first kappa shape index (κ1) is 14.3. The van der Waals surface area contributed by atoms with Gasteiger partial charge < -0.3 is 10.6 Å². The lowest BCUT2D eigenvalue weighted by Gasteiger charge is -2.32. The first-order chi connectivity index (χ1) is 8.54. The molecule has 1 aliphatic rings. The van der Waals surface area contributed by atoms with E-state index >= 15 is 0 Å². The summed E-state index contributed by atoms with van der Waals surface area (Å²) in [6, 6.07) is 1.93. The van der Waals surface area contributed by atoms with Crippen LogP contribution in [0.3, 0.4) is 0 Å². The van der Waals surface area contributed by atoms with Crippen molar-refractivity contribution in [3.63, 3.8) is 0 Å². The first-order valence-electron chi connectivity index (χ1n) is 6.04. The third-order valence-corrected chi connectivity index (χ3v) is 5.83. The van der Waals surface area contributed by atoms with E-state index in [1.165, 1.54) is 11.3 Å². The molecule has 2 heterocycles. The molecule has 1 aliphatic heterocycles. The van der Waals surface area contributed by atoms with Crippen molar-refractivity contribution in [2.45, 2.75) is 38.3 Å². The van der Waals surface area contributed by atoms with E-state index in [1.54, 1.807) is 0 Å². The lowest BCUT2D eigenvalue weighted by molar-refractivity contribution is -0.132. The second kappa shape index (κ2) is 5.90. The van der Waals surface area contributed by atoms with Crippen LogP contribution in [0.4, 0.5) is 0 Å². The molecule has 6 heteroatoms. The van der Waals surface area contributed by atoms with E-state index in [2.05, 4.69) is 15.9 Å². The predicted octanol–water partition coefficient (Wildman–Crippen LogP) is 3.56. The van der Waals surface area contributed by atoms with Crippen LogP contribution < -0.4 is 5.73 Å². The van der Waals surface area contributed by atoms with Crippen molar-refractivity contribution in [1.82, 2.24) is 4.90 Å². The molecule has 3 nitrogen and oxygen atoms in total. The van der Waals surface area contributed by atoms with Gasteiger partial charge in [-0.2, -0.15) is 0 Å². The van der Waals surface area contributed by atoms with Gasteiger partial charge in [0, 0.05) is 28.4 Å². The number of halogens is 2. The number of amides is 1. The van der Waals surface area contributed by atoms with E-state index in [0.717, 1.165) is 22.2 Å². The second-order valence-corrected chi connectivity index (χ2v) is 6.99. The van der Waals surface area contributed by atoms with Crippen molar-refractivity contribution >= 4 is 44.8 Å². The molecule has 2 rings (SSSR count). The van der Waals surface area contributed by atoms with Crippen molar-refractivity contribution in [2.75, 3.05) is 6.54 Å². The topological polar surface area (TPSA) is 46.3 Å². The van der Waals surface area contributed by atoms with Gasteiger partial charge in [-0.15, -0.1) is 11.3 Å². The molecule has 1 amide bonds. The zero-order valence-electron chi connectivity index (χ0n) is 10.2. The summed E-state index contributed by atoms with van der Waals surface area (Å²) >= 11 is 11.0. The third kappa shape index (κ3) is 2.74. The van der Waals surface area contributed by atoms with Crippen molar-refractivity contribution < 1.29 is 4.79 Å². The molecule has 1 aromatic heterocycles. The van der Waals surface area contributed by atoms with Gasteiger partial charge in [0.05, 0.1) is 6.04 Å². The summed E-state index contributed by atoms with van der Waals surface area (Å²) in [6.07, 6.45) is 2.34. The molecule has 0 spiro atoms. The molecule has 1 saturated heterocycles. The van der Waals surface area contributed by atoms with Gasteiger partial charge in [-0.1, -0.05) is 11.6 Å². The Labute approximate surface area is 124 Å². The van der Waals surface area contributed by atoms with Crippen LogP contribution in [0, 0.1) is 0 Å². The van der Waals surface area contributed by atoms with E-state index in [1.807, 2.05) is 17.9 Å². The Balaban J connectivity index is 2.38. The maximum Gasteiger partial charge on any atom is 0.223 e. The average Bonchev–Trinajstić information content (AvgIpc) is 2.56. The van der Waals surface area contributed by atoms with Crippen LogP contribution >= 0.6 is 38.9 Å². The molecule has 0 saturated carbocycles. The zero-order chi connectivity index (χ0) is 13.3. The molecule has 100 valence electrons. The molecule has 0 radical (unpaired) electrons. The highest BCUT2D eigenvalue weighted by Crippen LogP contribution is 2.40. The molecule has 1 aromatic rings. The van der Waals surface area contributed by atoms with Gasteiger partial charge >= 0.3 is 0 Å². The monoisotopic (exact) mass is 350 g/mol. The number of rotatable bonds is 2. The Morgan fingerprint density at radius 1 is 1.67 bits per heavy atom. The Morgan fingerprint density at radius 3 is 2.94 bits per heavy atom. The molecule has 18 heavy (non-hydrogen) atoms. The van der Waals surface area contributed by atoms with Crippen LogP contribution in [-0.4, -0.2) is 23.4 Å². The van der Waals surface area contributed by atoms with Crippen LogP contribution in [0.25, 0.3) is 0 Å². The van der Waals surface area contributed by atoms with E-state index in [0.29, 0.717) is 17.3 Å². The number of likely N-dealkylation sites (tertiary alicyclic amines) is 1. The number of carbonyl (C=O) groups excluding carboxylic acids is 1. The fraction of sp³-hybridized carbons (Fsp3) is 0.583. The van der Waals surface area contributed by atoms with Gasteiger partial charge in [0.25, 0.3) is 0 Å². The van der Waals surface area contributed by atoms with Crippen molar-refractivity contribution in [3.8, 4) is 0 Å². The maximum absolute atomic E-state index is 12.1. The van der Waals surface area contributed by atoms with Crippen LogP contribution in [0.1, 0.15) is 37.1 Å². The zero-order valence-corrected chi connectivity index (χ0v) is 13.3. The van der Waals surface area contributed by atoms with Gasteiger partial charge in [-0.05, 0) is 41.8 Å². The lowest BCUT2D eigenvalue weighted by Crippen LogP contribution is -2.41. The molecule has 2 atom stereocenters. The largest absolute Gasteiger partial charge is 0.334 e. The number of nitrogens with zero attached hydrogens (tertiary/aromatic N) is 1. The Kier molecular flexibility index (Phi) is 4.69. The fourth-order valence-electron chi connectivity index (χ4n) is 2.42. The van der Waals surface area contributed by atoms with Crippen molar-refractivity contribution in [2.24, 2.45) is 5.73 Å². The van der Waals surface area contributed by atoms with Crippen molar-refractivity contribution in [1.29, 1.82) is 0 Å². The number of thiophene rings is 1. The minimum atomic E-state index is -0.0428. The van der Waals surface area contributed by atoms with Crippen LogP contribution in [0.15, 0.2) is 10.5 Å². The summed E-state index contributed by atoms with van der Waals surface area (Å²) in [5, 5.41) is 0. The highest BCUT2D eigenvalue weighted by atomic mass is 79.9. The van der Waals surface area contributed by atoms with Crippen molar-refractivity contribution in [3.05, 3.63) is 19.8 Å². The summed E-state index contributed by atoms with van der Waals surface area (Å²) < 4.78 is 1.59. The quantitative estimate of drug-likeness (QED) is 0.885. The SMILES string of the molecule is CCN1C(=O)CCCC(N)C1c1cc(Br)c(Cl)s1. The minimum absolute atomic E-state index is 0.0157. The molecule has 2 unspecified atom stereocenters. The summed E-state index contributed by atoms with van der Waals surface area (Å²) in [4.78, 5) is 15.0. The van der Waals surface area contributed by atoms with E-state index in [4.69, 9.17) is 17.3 Å². The van der Waals surface area contributed by atoms with Crippen LogP contribution in [0.5, 0.6) is 0 Å². The minimum Gasteiger partial charge on any atom is -0.334 e. The number of likely N-dealkylation sites (N-methyl/N-ethyl adjacent to an activating group) is 1. The molecule has 0 bridgehead atoms. The molecule has 0 aliphatic carbocycles. The fourth-order valence-corrected chi connectivity index (χ4v) is 4.35. The number of carbonyl (C=O) groups is 1. The third-order valence-electron chi connectivity index (χ3n) is 3.29. The Hall–Kier alpha value is -0.100. The average molecular weight is 352 g/mol. The number of hydrogen-bond acceptors (Lipinski definition) is 3. The normalized spacial score (nSPS) is 25.3. The van der Waals surface area contributed by atoms with Crippen LogP contribution in [-0.2, 0) is 4.79 Å². The summed E-state index contributed by atoms with van der Waals surface area (Å²) in [5.41, 5.74) is 6.25. The highest BCUT2D eigenvalue weighted by molar-refractivity contribution is 9.10. The van der Waals surface area contributed by atoms with Gasteiger partial charge in [-0.3, -0.25) is 4.79 Å². The van der Waals surface area contributed by atoms with E-state index in [9.17, 15) is 4.79 Å². The Morgan fingerprint density at radius 2 is 2.39 bits per heavy atom. The molecule has 2 N–H and O–H groups in total. The first-order valence-corrected chi connectivity index (χ1v) is 8.03. The van der Waals surface area contributed by atoms with Gasteiger partial charge in [0.2, 0.25) is 5.91 Å². The molecule has 0 aromatic carbocycles. The van der Waals surface area contributed by atoms with Gasteiger partial charge in [0.1, 0.15) is 4.34 Å². The van der Waals surface area contributed by atoms with Gasteiger partial charge in [-0.25, -0.2) is 0 Å². The Bertz CT molecular complexity index is 432. The lowest BCUT2D eigenvalue weighted by atomic mass is 10.0. The van der Waals surface area contributed by atoms with Gasteiger partial charge in [0.15, 0.2) is 0 Å². The summed E-state index contributed by atoms with van der Waals surface area (Å²) in [7, 11) is 0. The second-order valence-electron chi connectivity index (χ2n) is 4.45. The van der Waals surface area contributed by atoms with Crippen LogP contribution in [0.2, 0.25) is 4.34 Å². The smallest absolute Gasteiger partial charge is 0.223 e. The predicted molar refractivity (Wildman–Crippen MR) is 79.0 cm³/mol. The highest BCUT2D eigenvalue weighted by Gasteiger charge is 2.33. The molecular weight excluding hydrogens is 336 g/mol. The maximum atomic E-state index is 12.1. The van der Waals surface area contributed by atoms with E-state index in [-0.39, 0.29) is 18.0 Å². The molecular formula is C12H16BrClN2OS. The standard InChI is InChI=1S/C12H16BrClN2OS/c1-2-16-10(17)5-3-4-8(15)11(16)9-6-7(13)12(14)18-9/h6,8,11H,2-5,15H2,1H3. The number of nitrogens with two attached hydrogens (primary N) is 1. The van der Waals surface area contributed by atoms with E-state index < -0.39 is 0 Å². The number of hydrogen-bond donors (Lipinski definition) is 1.